The van der Waals surface area contributed by atoms with E-state index in [1.54, 1.807) is 43.7 Å². The molecule has 2 rings (SSSR count). The van der Waals surface area contributed by atoms with Crippen molar-refractivity contribution in [1.29, 1.82) is 0 Å². The summed E-state index contributed by atoms with van der Waals surface area (Å²) in [5.74, 6) is -0.983. The van der Waals surface area contributed by atoms with E-state index in [0.717, 1.165) is 5.56 Å². The summed E-state index contributed by atoms with van der Waals surface area (Å²) < 4.78 is 13.9. The molecule has 0 saturated heterocycles. The number of carbonyl (C=O) groups is 1. The smallest absolute Gasteiger partial charge is 0.254 e. The molecule has 0 aliphatic heterocycles. The van der Waals surface area contributed by atoms with Gasteiger partial charge in [-0.25, -0.2) is 4.39 Å². The SMILES string of the molecule is CNc1cccc(C(=O)NCc2ccncc2)c1F. The number of hydrogen-bond donors (Lipinski definition) is 2. The third-order valence-electron chi connectivity index (χ3n) is 2.72. The van der Waals surface area contributed by atoms with Gasteiger partial charge < -0.3 is 10.6 Å². The Bertz CT molecular complexity index is 572. The summed E-state index contributed by atoms with van der Waals surface area (Å²) >= 11 is 0. The lowest BCUT2D eigenvalue weighted by molar-refractivity contribution is 0.0947. The summed E-state index contributed by atoms with van der Waals surface area (Å²) in [6, 6.07) is 8.25. The predicted molar refractivity (Wildman–Crippen MR) is 71.4 cm³/mol. The van der Waals surface area contributed by atoms with Crippen LogP contribution in [-0.4, -0.2) is 17.9 Å². The Morgan fingerprint density at radius 1 is 1.26 bits per heavy atom. The van der Waals surface area contributed by atoms with Crippen molar-refractivity contribution in [3.05, 3.63) is 59.7 Å². The highest BCUT2D eigenvalue weighted by Crippen LogP contribution is 2.17. The lowest BCUT2D eigenvalue weighted by atomic mass is 10.1. The molecule has 0 aliphatic rings. The Kier molecular flexibility index (Phi) is 4.07. The summed E-state index contributed by atoms with van der Waals surface area (Å²) in [7, 11) is 1.61. The van der Waals surface area contributed by atoms with E-state index >= 15 is 0 Å². The molecule has 19 heavy (non-hydrogen) atoms. The minimum absolute atomic E-state index is 0.0286. The van der Waals surface area contributed by atoms with Crippen LogP contribution in [0.25, 0.3) is 0 Å². The Morgan fingerprint density at radius 3 is 2.68 bits per heavy atom. The molecule has 98 valence electrons. The van der Waals surface area contributed by atoms with Gasteiger partial charge in [0, 0.05) is 26.0 Å². The molecular formula is C14H14FN3O. The normalized spacial score (nSPS) is 10.0. The lowest BCUT2D eigenvalue weighted by Crippen LogP contribution is -2.24. The monoisotopic (exact) mass is 259 g/mol. The molecule has 0 radical (unpaired) electrons. The highest BCUT2D eigenvalue weighted by Gasteiger charge is 2.13. The quantitative estimate of drug-likeness (QED) is 0.885. The molecule has 1 aromatic heterocycles. The largest absolute Gasteiger partial charge is 0.386 e. The van der Waals surface area contributed by atoms with Crippen LogP contribution in [0.5, 0.6) is 0 Å². The van der Waals surface area contributed by atoms with E-state index in [-0.39, 0.29) is 5.56 Å². The van der Waals surface area contributed by atoms with E-state index in [4.69, 9.17) is 0 Å². The molecule has 0 fully saturated rings. The Hall–Kier alpha value is -2.43. The predicted octanol–water partition coefficient (Wildman–Crippen LogP) is 2.19. The molecule has 0 unspecified atom stereocenters. The maximum atomic E-state index is 13.9. The molecule has 4 nitrogen and oxygen atoms in total. The number of aromatic nitrogens is 1. The van der Waals surface area contributed by atoms with E-state index in [1.807, 2.05) is 0 Å². The van der Waals surface area contributed by atoms with Gasteiger partial charge in [0.15, 0.2) is 5.82 Å². The molecule has 2 aromatic rings. The Labute approximate surface area is 110 Å². The minimum Gasteiger partial charge on any atom is -0.386 e. The first-order valence-electron chi connectivity index (χ1n) is 5.85. The highest BCUT2D eigenvalue weighted by atomic mass is 19.1. The van der Waals surface area contributed by atoms with Crippen LogP contribution in [0.4, 0.5) is 10.1 Å². The summed E-state index contributed by atoms with van der Waals surface area (Å²) in [6.45, 7) is 0.338. The second-order valence-electron chi connectivity index (χ2n) is 3.96. The van der Waals surface area contributed by atoms with Gasteiger partial charge in [0.1, 0.15) is 0 Å². The summed E-state index contributed by atoms with van der Waals surface area (Å²) in [5, 5.41) is 5.37. The average molecular weight is 259 g/mol. The van der Waals surface area contributed by atoms with Crippen molar-refractivity contribution in [1.82, 2.24) is 10.3 Å². The molecule has 2 N–H and O–H groups in total. The van der Waals surface area contributed by atoms with Crippen LogP contribution in [0.3, 0.4) is 0 Å². The van der Waals surface area contributed by atoms with E-state index in [0.29, 0.717) is 12.2 Å². The van der Waals surface area contributed by atoms with Crippen LogP contribution in [0, 0.1) is 5.82 Å². The molecule has 5 heteroatoms. The number of hydrogen-bond acceptors (Lipinski definition) is 3. The Morgan fingerprint density at radius 2 is 2.00 bits per heavy atom. The first-order valence-corrected chi connectivity index (χ1v) is 5.85. The summed E-state index contributed by atoms with van der Waals surface area (Å²) in [4.78, 5) is 15.8. The molecule has 0 atom stereocenters. The fourth-order valence-corrected chi connectivity index (χ4v) is 1.68. The second kappa shape index (κ2) is 5.95. The molecule has 0 spiro atoms. The zero-order valence-electron chi connectivity index (χ0n) is 10.5. The number of nitrogens with one attached hydrogen (secondary N) is 2. The molecular weight excluding hydrogens is 245 g/mol. The number of carbonyl (C=O) groups excluding carboxylic acids is 1. The molecule has 1 amide bonds. The van der Waals surface area contributed by atoms with E-state index in [9.17, 15) is 9.18 Å². The minimum atomic E-state index is -0.544. The van der Waals surface area contributed by atoms with E-state index < -0.39 is 11.7 Å². The van der Waals surface area contributed by atoms with Crippen molar-refractivity contribution >= 4 is 11.6 Å². The molecule has 1 heterocycles. The van der Waals surface area contributed by atoms with E-state index in [2.05, 4.69) is 15.6 Å². The maximum absolute atomic E-state index is 13.9. The standard InChI is InChI=1S/C14H14FN3O/c1-16-12-4-2-3-11(13(12)15)14(19)18-9-10-5-7-17-8-6-10/h2-8,16H,9H2,1H3,(H,18,19). The van der Waals surface area contributed by atoms with Crippen LogP contribution < -0.4 is 10.6 Å². The van der Waals surface area contributed by atoms with Crippen molar-refractivity contribution in [3.63, 3.8) is 0 Å². The van der Waals surface area contributed by atoms with Gasteiger partial charge in [0.25, 0.3) is 5.91 Å². The fourth-order valence-electron chi connectivity index (χ4n) is 1.68. The van der Waals surface area contributed by atoms with Crippen molar-refractivity contribution in [2.75, 3.05) is 12.4 Å². The zero-order valence-corrected chi connectivity index (χ0v) is 10.5. The van der Waals surface area contributed by atoms with Gasteiger partial charge in [0.05, 0.1) is 11.3 Å². The van der Waals surface area contributed by atoms with E-state index in [1.165, 1.54) is 6.07 Å². The number of anilines is 1. The number of rotatable bonds is 4. The van der Waals surface area contributed by atoms with Gasteiger partial charge in [-0.3, -0.25) is 9.78 Å². The third kappa shape index (κ3) is 3.07. The number of amides is 1. The van der Waals surface area contributed by atoms with Gasteiger partial charge in [-0.15, -0.1) is 0 Å². The average Bonchev–Trinajstić information content (AvgIpc) is 2.46. The van der Waals surface area contributed by atoms with Crippen LogP contribution in [0.1, 0.15) is 15.9 Å². The van der Waals surface area contributed by atoms with Gasteiger partial charge in [-0.2, -0.15) is 0 Å². The zero-order chi connectivity index (χ0) is 13.7. The first-order chi connectivity index (χ1) is 9.22. The number of halogens is 1. The van der Waals surface area contributed by atoms with Crippen LogP contribution in [0.2, 0.25) is 0 Å². The van der Waals surface area contributed by atoms with Crippen LogP contribution in [0.15, 0.2) is 42.7 Å². The maximum Gasteiger partial charge on any atom is 0.254 e. The van der Waals surface area contributed by atoms with Crippen molar-refractivity contribution in [2.45, 2.75) is 6.54 Å². The number of benzene rings is 1. The topological polar surface area (TPSA) is 54.0 Å². The highest BCUT2D eigenvalue weighted by molar-refractivity contribution is 5.95. The van der Waals surface area contributed by atoms with Gasteiger partial charge in [0.2, 0.25) is 0 Å². The summed E-state index contributed by atoms with van der Waals surface area (Å²) in [6.07, 6.45) is 3.29. The van der Waals surface area contributed by atoms with Gasteiger partial charge in [-0.1, -0.05) is 6.07 Å². The number of pyridine rings is 1. The summed E-state index contributed by atoms with van der Waals surface area (Å²) in [5.41, 5.74) is 1.24. The lowest BCUT2D eigenvalue weighted by Gasteiger charge is -2.08. The third-order valence-corrected chi connectivity index (χ3v) is 2.72. The molecule has 1 aromatic carbocycles. The first kappa shape index (κ1) is 13.0. The second-order valence-corrected chi connectivity index (χ2v) is 3.96. The van der Waals surface area contributed by atoms with Crippen molar-refractivity contribution in [2.24, 2.45) is 0 Å². The van der Waals surface area contributed by atoms with Gasteiger partial charge >= 0.3 is 0 Å². The molecule has 0 saturated carbocycles. The Balaban J connectivity index is 2.08. The van der Waals surface area contributed by atoms with Crippen molar-refractivity contribution in [3.8, 4) is 0 Å². The fraction of sp³-hybridized carbons (Fsp3) is 0.143. The van der Waals surface area contributed by atoms with Gasteiger partial charge in [-0.05, 0) is 29.8 Å². The van der Waals surface area contributed by atoms with Crippen LogP contribution >= 0.6 is 0 Å². The molecule has 0 bridgehead atoms. The number of nitrogens with zero attached hydrogens (tertiary/aromatic N) is 1. The van der Waals surface area contributed by atoms with Crippen molar-refractivity contribution < 1.29 is 9.18 Å². The van der Waals surface area contributed by atoms with Crippen LogP contribution in [-0.2, 0) is 6.54 Å². The molecule has 0 aliphatic carbocycles.